The van der Waals surface area contributed by atoms with Gasteiger partial charge in [-0.3, -0.25) is 4.79 Å². The van der Waals surface area contributed by atoms with Gasteiger partial charge >= 0.3 is 0 Å². The SMILES string of the molecule is Cn1c(N2CCOCC2)nc2cc(C(=O)NCC3CC4C=CC3C4)ccc21. The number of anilines is 1. The van der Waals surface area contributed by atoms with Gasteiger partial charge in [-0.2, -0.15) is 0 Å². The molecule has 1 aliphatic heterocycles. The van der Waals surface area contributed by atoms with Crippen LogP contribution >= 0.6 is 0 Å². The van der Waals surface area contributed by atoms with E-state index in [0.29, 0.717) is 17.4 Å². The summed E-state index contributed by atoms with van der Waals surface area (Å²) in [7, 11) is 2.03. The summed E-state index contributed by atoms with van der Waals surface area (Å²) in [6.45, 7) is 3.93. The predicted molar refractivity (Wildman–Crippen MR) is 105 cm³/mol. The van der Waals surface area contributed by atoms with E-state index in [9.17, 15) is 4.79 Å². The maximum absolute atomic E-state index is 12.7. The van der Waals surface area contributed by atoms with E-state index in [1.807, 2.05) is 25.2 Å². The molecule has 2 aliphatic carbocycles. The largest absolute Gasteiger partial charge is 0.378 e. The number of fused-ring (bicyclic) bond motifs is 3. The number of aromatic nitrogens is 2. The van der Waals surface area contributed by atoms with E-state index in [1.54, 1.807) is 0 Å². The Morgan fingerprint density at radius 2 is 2.11 bits per heavy atom. The van der Waals surface area contributed by atoms with E-state index >= 15 is 0 Å². The molecule has 1 amide bonds. The zero-order valence-corrected chi connectivity index (χ0v) is 15.7. The van der Waals surface area contributed by atoms with Gasteiger partial charge in [0.2, 0.25) is 5.95 Å². The van der Waals surface area contributed by atoms with Gasteiger partial charge in [0, 0.05) is 32.2 Å². The standard InChI is InChI=1S/C21H26N4O2/c1-24-19-5-4-16(12-18(19)23-21(24)25-6-8-27-9-7-25)20(26)22-13-17-11-14-2-3-15(17)10-14/h2-5,12,14-15,17H,6-11,13H2,1H3,(H,22,26). The lowest BCUT2D eigenvalue weighted by atomic mass is 9.93. The van der Waals surface area contributed by atoms with Crippen molar-refractivity contribution in [3.8, 4) is 0 Å². The number of aryl methyl sites for hydroxylation is 1. The van der Waals surface area contributed by atoms with Gasteiger partial charge < -0.3 is 19.5 Å². The first-order valence-corrected chi connectivity index (χ1v) is 9.95. The highest BCUT2D eigenvalue weighted by atomic mass is 16.5. The average Bonchev–Trinajstić information content (AvgIpc) is 3.41. The number of rotatable bonds is 4. The van der Waals surface area contributed by atoms with Gasteiger partial charge in [0.1, 0.15) is 0 Å². The summed E-state index contributed by atoms with van der Waals surface area (Å²) in [4.78, 5) is 19.7. The van der Waals surface area contributed by atoms with Crippen LogP contribution in [-0.4, -0.2) is 48.3 Å². The van der Waals surface area contributed by atoms with Gasteiger partial charge in [0.15, 0.2) is 0 Å². The minimum Gasteiger partial charge on any atom is -0.378 e. The molecule has 6 heteroatoms. The molecule has 1 aromatic carbocycles. The van der Waals surface area contributed by atoms with Gasteiger partial charge in [-0.1, -0.05) is 12.2 Å². The first-order chi connectivity index (χ1) is 13.2. The van der Waals surface area contributed by atoms with E-state index in [0.717, 1.165) is 55.7 Å². The molecule has 142 valence electrons. The molecule has 27 heavy (non-hydrogen) atoms. The van der Waals surface area contributed by atoms with E-state index < -0.39 is 0 Å². The van der Waals surface area contributed by atoms with E-state index in [1.165, 1.54) is 12.8 Å². The van der Waals surface area contributed by atoms with Crippen molar-refractivity contribution in [3.63, 3.8) is 0 Å². The fourth-order valence-electron chi connectivity index (χ4n) is 4.83. The van der Waals surface area contributed by atoms with Crippen molar-refractivity contribution in [2.45, 2.75) is 12.8 Å². The second-order valence-electron chi connectivity index (χ2n) is 8.02. The Morgan fingerprint density at radius 3 is 2.85 bits per heavy atom. The molecule has 1 aromatic heterocycles. The van der Waals surface area contributed by atoms with Crippen LogP contribution in [-0.2, 0) is 11.8 Å². The van der Waals surface area contributed by atoms with E-state index in [-0.39, 0.29) is 5.91 Å². The first-order valence-electron chi connectivity index (χ1n) is 9.95. The monoisotopic (exact) mass is 366 g/mol. The molecule has 2 fully saturated rings. The molecule has 3 atom stereocenters. The van der Waals surface area contributed by atoms with Crippen LogP contribution < -0.4 is 10.2 Å². The van der Waals surface area contributed by atoms with Crippen molar-refractivity contribution in [1.82, 2.24) is 14.9 Å². The summed E-state index contributed by atoms with van der Waals surface area (Å²) < 4.78 is 7.54. The van der Waals surface area contributed by atoms with Crippen molar-refractivity contribution in [2.24, 2.45) is 24.8 Å². The van der Waals surface area contributed by atoms with Crippen LogP contribution in [0.15, 0.2) is 30.4 Å². The third kappa shape index (κ3) is 3.02. The normalized spacial score (nSPS) is 26.9. The summed E-state index contributed by atoms with van der Waals surface area (Å²) in [5.74, 6) is 2.93. The van der Waals surface area contributed by atoms with Crippen molar-refractivity contribution >= 4 is 22.9 Å². The van der Waals surface area contributed by atoms with Crippen LogP contribution in [0, 0.1) is 17.8 Å². The molecule has 2 bridgehead atoms. The van der Waals surface area contributed by atoms with Gasteiger partial charge in [0.25, 0.3) is 5.91 Å². The lowest BCUT2D eigenvalue weighted by molar-refractivity contribution is 0.0945. The summed E-state index contributed by atoms with van der Waals surface area (Å²) in [6.07, 6.45) is 7.15. The minimum absolute atomic E-state index is 0.00206. The Kier molecular flexibility index (Phi) is 4.16. The number of allylic oxidation sites excluding steroid dienone is 2. The number of ether oxygens (including phenoxy) is 1. The van der Waals surface area contributed by atoms with Crippen molar-refractivity contribution in [3.05, 3.63) is 35.9 Å². The number of morpholine rings is 1. The van der Waals surface area contributed by atoms with Crippen molar-refractivity contribution in [2.75, 3.05) is 37.7 Å². The van der Waals surface area contributed by atoms with Crippen LogP contribution in [0.25, 0.3) is 11.0 Å². The van der Waals surface area contributed by atoms with Gasteiger partial charge in [-0.05, 0) is 48.8 Å². The molecular weight excluding hydrogens is 340 g/mol. The minimum atomic E-state index is 0.00206. The molecule has 0 spiro atoms. The smallest absolute Gasteiger partial charge is 0.251 e. The average molecular weight is 366 g/mol. The van der Waals surface area contributed by atoms with Crippen molar-refractivity contribution in [1.29, 1.82) is 0 Å². The predicted octanol–water partition coefficient (Wildman–Crippen LogP) is 2.35. The molecule has 6 nitrogen and oxygen atoms in total. The molecule has 1 saturated carbocycles. The topological polar surface area (TPSA) is 59.4 Å². The number of imidazole rings is 1. The van der Waals surface area contributed by atoms with Crippen LogP contribution in [0.3, 0.4) is 0 Å². The molecule has 3 aliphatic rings. The Labute approximate surface area is 159 Å². The van der Waals surface area contributed by atoms with Crippen LogP contribution in [0.4, 0.5) is 5.95 Å². The van der Waals surface area contributed by atoms with Gasteiger partial charge in [-0.15, -0.1) is 0 Å². The van der Waals surface area contributed by atoms with Gasteiger partial charge in [-0.25, -0.2) is 4.98 Å². The number of nitrogens with zero attached hydrogens (tertiary/aromatic N) is 3. The number of hydrogen-bond donors (Lipinski definition) is 1. The summed E-state index contributed by atoms with van der Waals surface area (Å²) in [6, 6.07) is 5.82. The Hall–Kier alpha value is -2.34. The Bertz CT molecular complexity index is 897. The number of benzene rings is 1. The maximum Gasteiger partial charge on any atom is 0.251 e. The number of amides is 1. The van der Waals surface area contributed by atoms with Crippen LogP contribution in [0.2, 0.25) is 0 Å². The summed E-state index contributed by atoms with van der Waals surface area (Å²) in [5.41, 5.74) is 2.61. The van der Waals surface area contributed by atoms with Crippen LogP contribution in [0.5, 0.6) is 0 Å². The maximum atomic E-state index is 12.7. The summed E-state index contributed by atoms with van der Waals surface area (Å²) >= 11 is 0. The lowest BCUT2D eigenvalue weighted by Gasteiger charge is -2.27. The third-order valence-corrected chi connectivity index (χ3v) is 6.35. The highest BCUT2D eigenvalue weighted by molar-refractivity contribution is 5.97. The number of hydrogen-bond acceptors (Lipinski definition) is 4. The Morgan fingerprint density at radius 1 is 1.26 bits per heavy atom. The zero-order valence-electron chi connectivity index (χ0n) is 15.7. The molecule has 1 saturated heterocycles. The highest BCUT2D eigenvalue weighted by Crippen LogP contribution is 2.42. The second-order valence-corrected chi connectivity index (χ2v) is 8.02. The second kappa shape index (κ2) is 6.68. The fourth-order valence-corrected chi connectivity index (χ4v) is 4.83. The molecule has 2 aromatic rings. The first kappa shape index (κ1) is 16.8. The molecule has 1 N–H and O–H groups in total. The molecule has 0 radical (unpaired) electrons. The number of carbonyl (C=O) groups excluding carboxylic acids is 1. The van der Waals surface area contributed by atoms with Crippen molar-refractivity contribution < 1.29 is 9.53 Å². The quantitative estimate of drug-likeness (QED) is 0.844. The fraction of sp³-hybridized carbons (Fsp3) is 0.524. The summed E-state index contributed by atoms with van der Waals surface area (Å²) in [5, 5.41) is 3.14. The van der Waals surface area contributed by atoms with Gasteiger partial charge in [0.05, 0.1) is 24.2 Å². The molecule has 3 unspecified atom stereocenters. The zero-order chi connectivity index (χ0) is 18.4. The highest BCUT2D eigenvalue weighted by Gasteiger charge is 2.35. The number of nitrogens with one attached hydrogen (secondary N) is 1. The van der Waals surface area contributed by atoms with Crippen LogP contribution in [0.1, 0.15) is 23.2 Å². The third-order valence-electron chi connectivity index (χ3n) is 6.35. The van der Waals surface area contributed by atoms with E-state index in [2.05, 4.69) is 26.9 Å². The Balaban J connectivity index is 1.31. The molecule has 5 rings (SSSR count). The van der Waals surface area contributed by atoms with E-state index in [4.69, 9.17) is 9.72 Å². The lowest BCUT2D eigenvalue weighted by Crippen LogP contribution is -2.37. The number of carbonyl (C=O) groups is 1. The molecular formula is C21H26N4O2. The molecule has 2 heterocycles.